The molecule has 6 nitrogen and oxygen atoms in total. The van der Waals surface area contributed by atoms with E-state index in [4.69, 9.17) is 4.98 Å². The molecule has 1 aromatic heterocycles. The molecule has 0 bridgehead atoms. The van der Waals surface area contributed by atoms with E-state index in [2.05, 4.69) is 45.0 Å². The van der Waals surface area contributed by atoms with Gasteiger partial charge in [0.1, 0.15) is 5.82 Å². The standard InChI is InChI=1S/C28H31F4N5O/c29-21-12-20(18(11-25(21)38)13-28(30,31)32)17-6-7-19-23(10-17)35-36-26(19)27-33-22-8-9-37(15-24(22)34-27)14-16-4-2-1-3-5-16/h1-5,11-12,17,19,23,26,35-36,38H,6-10,13-15H2,(H,33,34). The number of aromatic amines is 1. The molecular formula is C28H31F4N5O. The Morgan fingerprint density at radius 1 is 1.08 bits per heavy atom. The summed E-state index contributed by atoms with van der Waals surface area (Å²) in [7, 11) is 0. The molecule has 0 amide bonds. The fourth-order valence-electron chi connectivity index (χ4n) is 6.48. The molecule has 1 saturated heterocycles. The van der Waals surface area contributed by atoms with Crippen LogP contribution in [0.5, 0.6) is 5.75 Å². The van der Waals surface area contributed by atoms with E-state index in [1.54, 1.807) is 0 Å². The smallest absolute Gasteiger partial charge is 0.393 e. The first-order valence-electron chi connectivity index (χ1n) is 13.2. The van der Waals surface area contributed by atoms with Crippen LogP contribution < -0.4 is 10.9 Å². The summed E-state index contributed by atoms with van der Waals surface area (Å²) in [5.74, 6) is -0.749. The summed E-state index contributed by atoms with van der Waals surface area (Å²) in [5.41, 5.74) is 10.5. The maximum atomic E-state index is 14.2. The largest absolute Gasteiger partial charge is 0.505 e. The van der Waals surface area contributed by atoms with Crippen molar-refractivity contribution in [3.8, 4) is 5.75 Å². The molecule has 38 heavy (non-hydrogen) atoms. The van der Waals surface area contributed by atoms with Gasteiger partial charge in [-0.1, -0.05) is 30.3 Å². The summed E-state index contributed by atoms with van der Waals surface area (Å²) in [6.45, 7) is 2.64. The van der Waals surface area contributed by atoms with Crippen molar-refractivity contribution in [3.63, 3.8) is 0 Å². The summed E-state index contributed by atoms with van der Waals surface area (Å²) in [6.07, 6.45) is -2.77. The number of nitrogens with one attached hydrogen (secondary N) is 3. The number of phenols is 1. The second kappa shape index (κ2) is 9.98. The van der Waals surface area contributed by atoms with Crippen molar-refractivity contribution < 1.29 is 22.7 Å². The van der Waals surface area contributed by atoms with E-state index >= 15 is 0 Å². The molecule has 2 fully saturated rings. The van der Waals surface area contributed by atoms with E-state index in [-0.39, 0.29) is 29.5 Å². The van der Waals surface area contributed by atoms with Gasteiger partial charge in [0.15, 0.2) is 11.6 Å². The molecule has 1 saturated carbocycles. The third kappa shape index (κ3) is 5.17. The van der Waals surface area contributed by atoms with Gasteiger partial charge in [-0.2, -0.15) is 13.2 Å². The molecule has 4 N–H and O–H groups in total. The minimum atomic E-state index is -4.44. The number of imidazole rings is 1. The van der Waals surface area contributed by atoms with Crippen molar-refractivity contribution in [2.75, 3.05) is 6.54 Å². The molecule has 6 rings (SSSR count). The SMILES string of the molecule is Oc1cc(CC(F)(F)F)c(C2CCC3C(C2)NNC3c2nc3c([nH]2)CN(Cc2ccccc2)CC3)cc1F. The van der Waals surface area contributed by atoms with Crippen molar-refractivity contribution in [2.45, 2.75) is 69.4 Å². The average Bonchev–Trinajstić information content (AvgIpc) is 3.49. The summed E-state index contributed by atoms with van der Waals surface area (Å²) >= 11 is 0. The first-order valence-corrected chi connectivity index (χ1v) is 13.2. The van der Waals surface area contributed by atoms with Crippen molar-refractivity contribution in [1.82, 2.24) is 25.7 Å². The Kier molecular flexibility index (Phi) is 6.65. The van der Waals surface area contributed by atoms with Crippen LogP contribution in [0.3, 0.4) is 0 Å². The topological polar surface area (TPSA) is 76.2 Å². The van der Waals surface area contributed by atoms with Crippen LogP contribution in [0.1, 0.15) is 65.1 Å². The van der Waals surface area contributed by atoms with E-state index in [9.17, 15) is 22.7 Å². The quantitative estimate of drug-likeness (QED) is 0.350. The minimum absolute atomic E-state index is 0.0195. The molecule has 3 aromatic rings. The second-order valence-electron chi connectivity index (χ2n) is 10.8. The Hall–Kier alpha value is -2.95. The number of aromatic hydroxyl groups is 1. The van der Waals surface area contributed by atoms with E-state index in [0.717, 1.165) is 61.8 Å². The Labute approximate surface area is 218 Å². The lowest BCUT2D eigenvalue weighted by Gasteiger charge is -2.33. The van der Waals surface area contributed by atoms with Gasteiger partial charge in [0.05, 0.1) is 23.9 Å². The van der Waals surface area contributed by atoms with Crippen LogP contribution in [0.2, 0.25) is 0 Å². The fraction of sp³-hybridized carbons (Fsp3) is 0.464. The summed E-state index contributed by atoms with van der Waals surface area (Å²) in [5, 5.41) is 9.71. The Bertz CT molecular complexity index is 1290. The number of rotatable bonds is 5. The summed E-state index contributed by atoms with van der Waals surface area (Å²) in [4.78, 5) is 10.9. The van der Waals surface area contributed by atoms with Crippen LogP contribution in [0, 0.1) is 11.7 Å². The van der Waals surface area contributed by atoms with Crippen molar-refractivity contribution in [3.05, 3.63) is 82.2 Å². The number of halogens is 4. The van der Waals surface area contributed by atoms with Crippen LogP contribution in [-0.2, 0) is 25.9 Å². The molecule has 1 aliphatic carbocycles. The first-order chi connectivity index (χ1) is 18.2. The zero-order chi connectivity index (χ0) is 26.4. The van der Waals surface area contributed by atoms with Gasteiger partial charge < -0.3 is 10.1 Å². The lowest BCUT2D eigenvalue weighted by Crippen LogP contribution is -2.35. The lowest BCUT2D eigenvalue weighted by molar-refractivity contribution is -0.127. The number of nitrogens with zero attached hydrogens (tertiary/aromatic N) is 2. The number of H-pyrrole nitrogens is 1. The van der Waals surface area contributed by atoms with Gasteiger partial charge in [0.2, 0.25) is 0 Å². The number of aromatic nitrogens is 2. The van der Waals surface area contributed by atoms with Crippen LogP contribution in [0.4, 0.5) is 17.6 Å². The third-order valence-electron chi connectivity index (χ3n) is 8.27. The molecule has 2 aliphatic heterocycles. The molecule has 202 valence electrons. The molecule has 4 unspecified atom stereocenters. The minimum Gasteiger partial charge on any atom is -0.505 e. The van der Waals surface area contributed by atoms with Gasteiger partial charge in [0, 0.05) is 32.1 Å². The van der Waals surface area contributed by atoms with Crippen LogP contribution >= 0.6 is 0 Å². The number of phenolic OH excluding ortho intramolecular Hbond substituents is 1. The highest BCUT2D eigenvalue weighted by Crippen LogP contribution is 2.45. The Morgan fingerprint density at radius 2 is 1.89 bits per heavy atom. The average molecular weight is 530 g/mol. The molecule has 0 spiro atoms. The van der Waals surface area contributed by atoms with E-state index in [1.807, 2.05) is 6.07 Å². The van der Waals surface area contributed by atoms with Gasteiger partial charge in [-0.05, 0) is 59.9 Å². The molecule has 2 aromatic carbocycles. The maximum Gasteiger partial charge on any atom is 0.393 e. The van der Waals surface area contributed by atoms with E-state index in [0.29, 0.717) is 18.4 Å². The number of fused-ring (bicyclic) bond motifs is 2. The highest BCUT2D eigenvalue weighted by Gasteiger charge is 2.43. The Morgan fingerprint density at radius 3 is 2.68 bits per heavy atom. The van der Waals surface area contributed by atoms with Crippen molar-refractivity contribution in [1.29, 1.82) is 0 Å². The molecule has 3 aliphatic rings. The number of hydrazine groups is 1. The van der Waals surface area contributed by atoms with Gasteiger partial charge >= 0.3 is 6.18 Å². The number of hydrogen-bond donors (Lipinski definition) is 4. The molecular weight excluding hydrogens is 498 g/mol. The lowest BCUT2D eigenvalue weighted by atomic mass is 9.73. The number of hydrogen-bond acceptors (Lipinski definition) is 5. The van der Waals surface area contributed by atoms with E-state index in [1.165, 1.54) is 5.56 Å². The van der Waals surface area contributed by atoms with Gasteiger partial charge in [-0.15, -0.1) is 0 Å². The zero-order valence-electron chi connectivity index (χ0n) is 20.9. The van der Waals surface area contributed by atoms with Crippen molar-refractivity contribution in [2.24, 2.45) is 5.92 Å². The maximum absolute atomic E-state index is 14.2. The van der Waals surface area contributed by atoms with E-state index < -0.39 is 24.2 Å². The normalized spacial score (nSPS) is 25.8. The van der Waals surface area contributed by atoms with Crippen LogP contribution in [0.15, 0.2) is 42.5 Å². The predicted octanol–water partition coefficient (Wildman–Crippen LogP) is 5.02. The molecule has 3 heterocycles. The van der Waals surface area contributed by atoms with Crippen LogP contribution in [-0.4, -0.2) is 38.7 Å². The second-order valence-corrected chi connectivity index (χ2v) is 10.8. The zero-order valence-corrected chi connectivity index (χ0v) is 20.9. The van der Waals surface area contributed by atoms with Gasteiger partial charge in [0.25, 0.3) is 0 Å². The fourth-order valence-corrected chi connectivity index (χ4v) is 6.48. The molecule has 4 atom stereocenters. The third-order valence-corrected chi connectivity index (χ3v) is 8.27. The highest BCUT2D eigenvalue weighted by atomic mass is 19.4. The van der Waals surface area contributed by atoms with Crippen LogP contribution in [0.25, 0.3) is 0 Å². The summed E-state index contributed by atoms with van der Waals surface area (Å²) < 4.78 is 53.8. The van der Waals surface area contributed by atoms with Gasteiger partial charge in [-0.3, -0.25) is 10.3 Å². The first kappa shape index (κ1) is 25.3. The number of benzene rings is 2. The Balaban J connectivity index is 1.15. The number of alkyl halides is 3. The monoisotopic (exact) mass is 529 g/mol. The predicted molar refractivity (Wildman–Crippen MR) is 134 cm³/mol. The highest BCUT2D eigenvalue weighted by molar-refractivity contribution is 5.39. The van der Waals surface area contributed by atoms with Gasteiger partial charge in [-0.25, -0.2) is 14.8 Å². The molecule has 10 heteroatoms. The summed E-state index contributed by atoms with van der Waals surface area (Å²) in [6, 6.07) is 12.4. The van der Waals surface area contributed by atoms with Crippen molar-refractivity contribution >= 4 is 0 Å². The molecule has 0 radical (unpaired) electrons.